The molecule has 4 nitrogen and oxygen atoms in total. The lowest BCUT2D eigenvalue weighted by Crippen LogP contribution is -2.12. The highest BCUT2D eigenvalue weighted by Gasteiger charge is 2.12. The molecule has 4 aromatic rings. The van der Waals surface area contributed by atoms with Crippen molar-refractivity contribution < 1.29 is 9.21 Å². The van der Waals surface area contributed by atoms with Crippen molar-refractivity contribution in [1.29, 1.82) is 0 Å². The summed E-state index contributed by atoms with van der Waals surface area (Å²) < 4.78 is 6.03. The highest BCUT2D eigenvalue weighted by Crippen LogP contribution is 2.25. The Morgan fingerprint density at radius 1 is 0.889 bits per heavy atom. The largest absolute Gasteiger partial charge is 0.455 e. The summed E-state index contributed by atoms with van der Waals surface area (Å²) in [5, 5.41) is 3.93. The van der Waals surface area contributed by atoms with E-state index in [2.05, 4.69) is 5.32 Å². The molecule has 0 unspecified atom stereocenters. The summed E-state index contributed by atoms with van der Waals surface area (Å²) in [6, 6.07) is 16.2. The van der Waals surface area contributed by atoms with E-state index >= 15 is 0 Å². The van der Waals surface area contributed by atoms with Crippen LogP contribution in [0.3, 0.4) is 0 Å². The highest BCUT2D eigenvalue weighted by atomic mass is 16.3. The van der Waals surface area contributed by atoms with E-state index < -0.39 is 0 Å². The van der Waals surface area contributed by atoms with E-state index in [9.17, 15) is 9.59 Å². The first-order valence-corrected chi connectivity index (χ1v) is 8.79. The maximum atomic E-state index is 12.8. The van der Waals surface area contributed by atoms with Crippen molar-refractivity contribution in [3.8, 4) is 0 Å². The predicted molar refractivity (Wildman–Crippen MR) is 109 cm³/mol. The summed E-state index contributed by atoms with van der Waals surface area (Å²) in [5.74, 6) is -0.204. The van der Waals surface area contributed by atoms with Gasteiger partial charge in [-0.1, -0.05) is 23.8 Å². The Morgan fingerprint density at radius 3 is 2.33 bits per heavy atom. The Morgan fingerprint density at radius 2 is 1.59 bits per heavy atom. The van der Waals surface area contributed by atoms with Gasteiger partial charge in [0.05, 0.1) is 10.8 Å². The van der Waals surface area contributed by atoms with Gasteiger partial charge in [-0.2, -0.15) is 0 Å². The molecule has 1 heterocycles. The molecule has 1 N–H and O–H groups in total. The van der Waals surface area contributed by atoms with Crippen LogP contribution in [0, 0.1) is 20.8 Å². The average molecular weight is 357 g/mol. The van der Waals surface area contributed by atoms with E-state index in [-0.39, 0.29) is 11.3 Å². The van der Waals surface area contributed by atoms with Gasteiger partial charge in [-0.15, -0.1) is 0 Å². The first-order valence-electron chi connectivity index (χ1n) is 8.79. The molecule has 1 aromatic heterocycles. The van der Waals surface area contributed by atoms with E-state index in [1.54, 1.807) is 36.4 Å². The molecule has 1 amide bonds. The first kappa shape index (κ1) is 17.0. The van der Waals surface area contributed by atoms with Crippen molar-refractivity contribution in [3.63, 3.8) is 0 Å². The van der Waals surface area contributed by atoms with Crippen LogP contribution in [0.2, 0.25) is 0 Å². The lowest BCUT2D eigenvalue weighted by molar-refractivity contribution is 0.102. The van der Waals surface area contributed by atoms with Crippen LogP contribution in [0.5, 0.6) is 0 Å². The number of amides is 1. The minimum atomic E-state index is -0.204. The Labute approximate surface area is 156 Å². The molecule has 0 radical (unpaired) electrons. The molecule has 0 atom stereocenters. The molecule has 0 spiro atoms. The topological polar surface area (TPSA) is 59.3 Å². The molecule has 0 saturated carbocycles. The Bertz CT molecular complexity index is 1250. The minimum Gasteiger partial charge on any atom is -0.455 e. The molecular formula is C23H19NO3. The fraction of sp³-hybridized carbons (Fsp3) is 0.130. The average Bonchev–Trinajstić information content (AvgIpc) is 2.65. The Hall–Kier alpha value is -3.40. The minimum absolute atomic E-state index is 0.0641. The third kappa shape index (κ3) is 2.99. The smallest absolute Gasteiger partial charge is 0.255 e. The van der Waals surface area contributed by atoms with E-state index in [1.807, 2.05) is 39.0 Å². The van der Waals surface area contributed by atoms with Gasteiger partial charge < -0.3 is 9.73 Å². The molecule has 27 heavy (non-hydrogen) atoms. The maximum Gasteiger partial charge on any atom is 0.255 e. The fourth-order valence-corrected chi connectivity index (χ4v) is 3.14. The summed E-state index contributed by atoms with van der Waals surface area (Å²) >= 11 is 0. The second-order valence-electron chi connectivity index (χ2n) is 6.85. The monoisotopic (exact) mass is 357 g/mol. The molecule has 3 aromatic carbocycles. The molecule has 4 rings (SSSR count). The van der Waals surface area contributed by atoms with E-state index in [0.29, 0.717) is 33.2 Å². The summed E-state index contributed by atoms with van der Waals surface area (Å²) in [6.45, 7) is 5.90. The van der Waals surface area contributed by atoms with E-state index in [4.69, 9.17) is 4.42 Å². The third-order valence-corrected chi connectivity index (χ3v) is 4.93. The predicted octanol–water partition coefficient (Wildman–Crippen LogP) is 5.12. The van der Waals surface area contributed by atoms with Crippen molar-refractivity contribution in [2.24, 2.45) is 0 Å². The van der Waals surface area contributed by atoms with Gasteiger partial charge in [-0.25, -0.2) is 0 Å². The number of anilines is 1. The van der Waals surface area contributed by atoms with Crippen molar-refractivity contribution in [2.45, 2.75) is 20.8 Å². The zero-order chi connectivity index (χ0) is 19.1. The van der Waals surface area contributed by atoms with Crippen molar-refractivity contribution in [2.75, 3.05) is 5.32 Å². The van der Waals surface area contributed by atoms with Gasteiger partial charge in [0.15, 0.2) is 0 Å². The summed E-state index contributed by atoms with van der Waals surface area (Å²) in [7, 11) is 0. The van der Waals surface area contributed by atoms with Crippen LogP contribution in [0.15, 0.2) is 63.8 Å². The summed E-state index contributed by atoms with van der Waals surface area (Å²) in [6.07, 6.45) is 0. The van der Waals surface area contributed by atoms with Crippen LogP contribution in [-0.2, 0) is 0 Å². The first-order chi connectivity index (χ1) is 12.9. The zero-order valence-electron chi connectivity index (χ0n) is 15.4. The number of carbonyl (C=O) groups is 1. The number of rotatable bonds is 2. The van der Waals surface area contributed by atoms with Crippen LogP contribution in [0.25, 0.3) is 21.9 Å². The second-order valence-corrected chi connectivity index (χ2v) is 6.85. The molecule has 0 aliphatic rings. The summed E-state index contributed by atoms with van der Waals surface area (Å²) in [5.41, 5.74) is 5.25. The van der Waals surface area contributed by atoms with Crippen LogP contribution >= 0.6 is 0 Å². The lowest BCUT2D eigenvalue weighted by Gasteiger charge is -2.09. The van der Waals surface area contributed by atoms with Crippen LogP contribution < -0.4 is 10.7 Å². The Kier molecular flexibility index (Phi) is 4.04. The van der Waals surface area contributed by atoms with Crippen molar-refractivity contribution >= 4 is 33.5 Å². The van der Waals surface area contributed by atoms with Crippen molar-refractivity contribution in [3.05, 3.63) is 87.1 Å². The van der Waals surface area contributed by atoms with Gasteiger partial charge in [-0.3, -0.25) is 9.59 Å². The number of fused-ring (bicyclic) bond motifs is 2. The third-order valence-electron chi connectivity index (χ3n) is 4.93. The number of benzene rings is 3. The number of carbonyl (C=O) groups excluding carboxylic acids is 1. The van der Waals surface area contributed by atoms with Crippen LogP contribution in [-0.4, -0.2) is 5.91 Å². The number of aryl methyl sites for hydroxylation is 3. The normalized spacial score (nSPS) is 11.1. The zero-order valence-corrected chi connectivity index (χ0v) is 15.4. The molecule has 4 heteroatoms. The van der Waals surface area contributed by atoms with Gasteiger partial charge in [0.2, 0.25) is 5.43 Å². The van der Waals surface area contributed by atoms with E-state index in [1.165, 1.54) is 0 Å². The molecule has 0 fully saturated rings. The second kappa shape index (κ2) is 6.40. The van der Waals surface area contributed by atoms with Crippen LogP contribution in [0.4, 0.5) is 5.69 Å². The van der Waals surface area contributed by atoms with Crippen molar-refractivity contribution in [1.82, 2.24) is 0 Å². The van der Waals surface area contributed by atoms with Gasteiger partial charge in [0.1, 0.15) is 11.2 Å². The molecule has 0 saturated heterocycles. The maximum absolute atomic E-state index is 12.8. The number of hydrogen-bond acceptors (Lipinski definition) is 3. The molecule has 0 aliphatic heterocycles. The number of hydrogen-bond donors (Lipinski definition) is 1. The quantitative estimate of drug-likeness (QED) is 0.506. The van der Waals surface area contributed by atoms with Gasteiger partial charge in [0, 0.05) is 17.3 Å². The van der Waals surface area contributed by atoms with Gasteiger partial charge in [-0.05, 0) is 62.2 Å². The van der Waals surface area contributed by atoms with Crippen LogP contribution in [0.1, 0.15) is 27.0 Å². The molecule has 0 aliphatic carbocycles. The van der Waals surface area contributed by atoms with Gasteiger partial charge >= 0.3 is 0 Å². The number of nitrogens with one attached hydrogen (secondary N) is 1. The molecule has 0 bridgehead atoms. The SMILES string of the molecule is Cc1ccc(C(=O)Nc2ccc3c(=O)c4ccc(C)c(C)c4oc3c2)cc1. The fourth-order valence-electron chi connectivity index (χ4n) is 3.14. The highest BCUT2D eigenvalue weighted by molar-refractivity contribution is 6.05. The Balaban J connectivity index is 1.78. The standard InChI is InChI=1S/C23H19NO3/c1-13-4-7-16(8-5-13)23(26)24-17-9-11-18-20(12-17)27-22-15(3)14(2)6-10-19(22)21(18)25/h4-12H,1-3H3,(H,24,26). The lowest BCUT2D eigenvalue weighted by atomic mass is 10.0. The molecular weight excluding hydrogens is 338 g/mol. The molecule has 134 valence electrons. The van der Waals surface area contributed by atoms with Gasteiger partial charge in [0.25, 0.3) is 5.91 Å². The summed E-state index contributed by atoms with van der Waals surface area (Å²) in [4.78, 5) is 25.2. The van der Waals surface area contributed by atoms with E-state index in [0.717, 1.165) is 16.7 Å².